The molecular formula is C14H18F5NO5Si. The monoisotopic (exact) mass is 403 g/mol. The van der Waals surface area contributed by atoms with E-state index in [0.29, 0.717) is 6.07 Å². The van der Waals surface area contributed by atoms with E-state index in [1.54, 1.807) is 0 Å². The lowest BCUT2D eigenvalue weighted by Gasteiger charge is -2.35. The predicted octanol–water partition coefficient (Wildman–Crippen LogP) is 3.56. The number of ether oxygens (including phenoxy) is 1. The van der Waals surface area contributed by atoms with Crippen molar-refractivity contribution in [2.24, 2.45) is 0 Å². The van der Waals surface area contributed by atoms with E-state index in [1.807, 2.05) is 0 Å². The summed E-state index contributed by atoms with van der Waals surface area (Å²) in [6.45, 7) is 5.11. The number of halogens is 5. The summed E-state index contributed by atoms with van der Waals surface area (Å²) in [5, 5.41) is -1.77. The molecule has 0 aromatic heterocycles. The Balaban J connectivity index is 3.10. The van der Waals surface area contributed by atoms with Gasteiger partial charge in [0.2, 0.25) is 5.82 Å². The maximum Gasteiger partial charge on any atom is 0.601 e. The number of carbonyl (C=O) groups is 1. The van der Waals surface area contributed by atoms with E-state index in [-0.39, 0.29) is 0 Å². The van der Waals surface area contributed by atoms with Gasteiger partial charge in [-0.05, 0) is 39.8 Å². The maximum atomic E-state index is 14.4. The lowest BCUT2D eigenvalue weighted by atomic mass is 10.3. The van der Waals surface area contributed by atoms with Gasteiger partial charge in [-0.3, -0.25) is 0 Å². The third kappa shape index (κ3) is 4.90. The van der Waals surface area contributed by atoms with Gasteiger partial charge in [-0.1, -0.05) is 15.7 Å². The lowest BCUT2D eigenvalue weighted by molar-refractivity contribution is -0.200. The van der Waals surface area contributed by atoms with Crippen molar-refractivity contribution in [3.8, 4) is 5.75 Å². The van der Waals surface area contributed by atoms with Crippen LogP contribution in [0.1, 0.15) is 27.7 Å². The largest absolute Gasteiger partial charge is 0.601 e. The molecule has 0 heterocycles. The summed E-state index contributed by atoms with van der Waals surface area (Å²) in [4.78, 5) is 21.7. The molecule has 0 saturated carbocycles. The van der Waals surface area contributed by atoms with Crippen LogP contribution in [0.25, 0.3) is 0 Å². The molecule has 6 nitrogen and oxygen atoms in total. The van der Waals surface area contributed by atoms with Gasteiger partial charge in [0.05, 0.1) is 0 Å². The molecule has 0 saturated heterocycles. The van der Waals surface area contributed by atoms with Gasteiger partial charge >= 0.3 is 20.6 Å². The fourth-order valence-corrected chi connectivity index (χ4v) is 3.70. The maximum absolute atomic E-state index is 14.4. The van der Waals surface area contributed by atoms with Crippen molar-refractivity contribution in [3.63, 3.8) is 0 Å². The number of rotatable bonds is 7. The molecule has 1 aromatic rings. The van der Waals surface area contributed by atoms with Crippen LogP contribution in [0.15, 0.2) is 18.2 Å². The normalized spacial score (nSPS) is 12.6. The van der Waals surface area contributed by atoms with Gasteiger partial charge in [-0.2, -0.15) is 13.2 Å². The molecule has 0 radical (unpaired) electrons. The van der Waals surface area contributed by atoms with Crippen LogP contribution in [-0.4, -0.2) is 42.7 Å². The SMILES string of the molecule is CC(C)O[Si](O)(OC(C)C)C(F)(F)N(F)C(=O)Oc1cccc(F)c1F. The highest BCUT2D eigenvalue weighted by Gasteiger charge is 2.70. The van der Waals surface area contributed by atoms with Crippen LogP contribution >= 0.6 is 0 Å². The number of hydrogen-bond donors (Lipinski definition) is 1. The van der Waals surface area contributed by atoms with E-state index in [0.717, 1.165) is 12.1 Å². The number of benzene rings is 1. The average molecular weight is 403 g/mol. The second-order valence-electron chi connectivity index (χ2n) is 5.66. The fraction of sp³-hybridized carbons (Fsp3) is 0.500. The summed E-state index contributed by atoms with van der Waals surface area (Å²) in [6.07, 6.45) is -4.40. The first kappa shape index (κ1) is 22.3. The van der Waals surface area contributed by atoms with Crippen LogP contribution in [0.4, 0.5) is 26.8 Å². The minimum atomic E-state index is -5.62. The molecule has 0 fully saturated rings. The van der Waals surface area contributed by atoms with Gasteiger partial charge in [-0.25, -0.2) is 9.18 Å². The molecule has 0 spiro atoms. The first-order valence-electron chi connectivity index (χ1n) is 7.39. The van der Waals surface area contributed by atoms with Crippen molar-refractivity contribution in [2.75, 3.05) is 0 Å². The van der Waals surface area contributed by atoms with Crippen LogP contribution in [-0.2, 0) is 8.85 Å². The van der Waals surface area contributed by atoms with E-state index in [1.165, 1.54) is 27.7 Å². The average Bonchev–Trinajstić information content (AvgIpc) is 2.49. The number of amides is 1. The molecule has 0 aliphatic carbocycles. The third-order valence-corrected chi connectivity index (χ3v) is 5.23. The summed E-state index contributed by atoms with van der Waals surface area (Å²) in [6, 6.07) is 2.31. The smallest absolute Gasteiger partial charge is 0.405 e. The summed E-state index contributed by atoms with van der Waals surface area (Å²) < 4.78 is 82.6. The topological polar surface area (TPSA) is 68.2 Å². The molecule has 1 N–H and O–H groups in total. The highest BCUT2D eigenvalue weighted by molar-refractivity contribution is 6.62. The van der Waals surface area contributed by atoms with Gasteiger partial charge in [0, 0.05) is 12.2 Å². The molecule has 148 valence electrons. The molecule has 0 bridgehead atoms. The standard InChI is InChI=1S/C14H18F5NO5Si/c1-8(2)24-26(22,25-9(3)4)14(17,18)20(19)13(21)23-11-7-5-6-10(15)12(11)16/h5-9,22H,1-4H3. The van der Waals surface area contributed by atoms with Gasteiger partial charge in [0.15, 0.2) is 11.6 Å². The molecule has 26 heavy (non-hydrogen) atoms. The van der Waals surface area contributed by atoms with Crippen molar-refractivity contribution < 1.29 is 45.2 Å². The van der Waals surface area contributed by atoms with Gasteiger partial charge < -0.3 is 18.4 Å². The first-order chi connectivity index (χ1) is 11.8. The highest BCUT2D eigenvalue weighted by Crippen LogP contribution is 2.34. The molecule has 1 rings (SSSR count). The Bertz CT molecular complexity index is 636. The summed E-state index contributed by atoms with van der Waals surface area (Å²) in [5.41, 5.74) is -4.96. The minimum Gasteiger partial charge on any atom is -0.405 e. The van der Waals surface area contributed by atoms with Gasteiger partial charge in [0.25, 0.3) is 0 Å². The predicted molar refractivity (Wildman–Crippen MR) is 80.7 cm³/mol. The summed E-state index contributed by atoms with van der Waals surface area (Å²) in [7, 11) is -5.62. The Hall–Kier alpha value is -1.76. The third-order valence-electron chi connectivity index (χ3n) is 2.69. The number of alkyl halides is 2. The molecule has 0 aliphatic rings. The molecule has 0 aliphatic heterocycles. The van der Waals surface area contributed by atoms with Crippen molar-refractivity contribution >= 4 is 14.9 Å². The zero-order chi connectivity index (χ0) is 20.3. The first-order valence-corrected chi connectivity index (χ1v) is 9.15. The number of nitrogens with zero attached hydrogens (tertiary/aromatic N) is 1. The zero-order valence-corrected chi connectivity index (χ0v) is 15.3. The lowest BCUT2D eigenvalue weighted by Crippen LogP contribution is -2.67. The van der Waals surface area contributed by atoms with Crippen molar-refractivity contribution in [2.45, 2.75) is 45.6 Å². The van der Waals surface area contributed by atoms with Crippen LogP contribution in [0.2, 0.25) is 0 Å². The molecular weight excluding hydrogens is 385 g/mol. The highest BCUT2D eigenvalue weighted by atomic mass is 28.4. The zero-order valence-electron chi connectivity index (χ0n) is 14.3. The quantitative estimate of drug-likeness (QED) is 0.326. The number of carbonyl (C=O) groups excluding carboxylic acids is 1. The van der Waals surface area contributed by atoms with Gasteiger partial charge in [0.1, 0.15) is 0 Å². The van der Waals surface area contributed by atoms with E-state index in [9.17, 15) is 31.6 Å². The van der Waals surface area contributed by atoms with Crippen LogP contribution < -0.4 is 4.74 Å². The van der Waals surface area contributed by atoms with E-state index >= 15 is 0 Å². The minimum absolute atomic E-state index is 0.674. The molecule has 1 amide bonds. The Morgan fingerprint density at radius 3 is 2.12 bits per heavy atom. The fourth-order valence-electron chi connectivity index (χ4n) is 1.74. The van der Waals surface area contributed by atoms with Crippen molar-refractivity contribution in [3.05, 3.63) is 29.8 Å². The van der Waals surface area contributed by atoms with Crippen LogP contribution in [0.3, 0.4) is 0 Å². The molecule has 0 unspecified atom stereocenters. The Kier molecular flexibility index (Phi) is 7.10. The van der Waals surface area contributed by atoms with Crippen molar-refractivity contribution in [1.29, 1.82) is 0 Å². The molecule has 0 atom stereocenters. The van der Waals surface area contributed by atoms with Crippen LogP contribution in [0, 0.1) is 11.6 Å². The van der Waals surface area contributed by atoms with E-state index < -0.39 is 55.3 Å². The second-order valence-corrected chi connectivity index (χ2v) is 7.89. The Morgan fingerprint density at radius 1 is 1.15 bits per heavy atom. The Labute approximate surface area is 147 Å². The second kappa shape index (κ2) is 8.29. The van der Waals surface area contributed by atoms with Gasteiger partial charge in [-0.15, -0.1) is 0 Å². The Morgan fingerprint density at radius 2 is 1.65 bits per heavy atom. The van der Waals surface area contributed by atoms with Crippen molar-refractivity contribution in [1.82, 2.24) is 5.12 Å². The number of hydrogen-bond acceptors (Lipinski definition) is 5. The molecule has 1 aromatic carbocycles. The summed E-state index contributed by atoms with van der Waals surface area (Å²) >= 11 is 0. The van der Waals surface area contributed by atoms with E-state index in [2.05, 4.69) is 13.6 Å². The summed E-state index contributed by atoms with van der Waals surface area (Å²) in [5.74, 6) is -4.24. The molecule has 12 heteroatoms. The van der Waals surface area contributed by atoms with Crippen LogP contribution in [0.5, 0.6) is 5.75 Å². The van der Waals surface area contributed by atoms with E-state index in [4.69, 9.17) is 0 Å².